The highest BCUT2D eigenvalue weighted by molar-refractivity contribution is 5.77. The summed E-state index contributed by atoms with van der Waals surface area (Å²) < 4.78 is 0. The summed E-state index contributed by atoms with van der Waals surface area (Å²) in [5.41, 5.74) is 2.64. The van der Waals surface area contributed by atoms with E-state index in [1.54, 1.807) is 11.9 Å². The van der Waals surface area contributed by atoms with E-state index in [0.717, 1.165) is 12.8 Å². The SMILES string of the molecule is CNOC1CCN(C(=O)CO)CC1. The second kappa shape index (κ2) is 5.16. The molecule has 0 unspecified atom stereocenters. The quantitative estimate of drug-likeness (QED) is 0.565. The van der Waals surface area contributed by atoms with Crippen molar-refractivity contribution < 1.29 is 14.7 Å². The Kier molecular flexibility index (Phi) is 4.14. The molecule has 0 atom stereocenters. The monoisotopic (exact) mass is 188 g/mol. The van der Waals surface area contributed by atoms with Crippen molar-refractivity contribution in [3.8, 4) is 0 Å². The van der Waals surface area contributed by atoms with Crippen LogP contribution in [0.25, 0.3) is 0 Å². The lowest BCUT2D eigenvalue weighted by Gasteiger charge is -2.30. The van der Waals surface area contributed by atoms with Crippen molar-refractivity contribution in [3.63, 3.8) is 0 Å². The fraction of sp³-hybridized carbons (Fsp3) is 0.875. The molecule has 1 amide bonds. The molecule has 13 heavy (non-hydrogen) atoms. The lowest BCUT2D eigenvalue weighted by molar-refractivity contribution is -0.137. The molecule has 0 radical (unpaired) electrons. The maximum absolute atomic E-state index is 11.1. The number of piperidine rings is 1. The van der Waals surface area contributed by atoms with Gasteiger partial charge in [-0.05, 0) is 12.8 Å². The van der Waals surface area contributed by atoms with Crippen molar-refractivity contribution in [2.24, 2.45) is 0 Å². The molecule has 0 aromatic carbocycles. The van der Waals surface area contributed by atoms with Crippen LogP contribution in [-0.4, -0.2) is 48.8 Å². The van der Waals surface area contributed by atoms with Crippen LogP contribution in [0.2, 0.25) is 0 Å². The van der Waals surface area contributed by atoms with E-state index in [-0.39, 0.29) is 12.0 Å². The average molecular weight is 188 g/mol. The van der Waals surface area contributed by atoms with Crippen LogP contribution in [-0.2, 0) is 9.63 Å². The van der Waals surface area contributed by atoms with Crippen LogP contribution < -0.4 is 5.48 Å². The summed E-state index contributed by atoms with van der Waals surface area (Å²) in [6.07, 6.45) is 1.84. The number of nitrogens with one attached hydrogen (secondary N) is 1. The molecular weight excluding hydrogens is 172 g/mol. The maximum atomic E-state index is 11.1. The minimum absolute atomic E-state index is 0.188. The molecule has 5 heteroatoms. The van der Waals surface area contributed by atoms with Gasteiger partial charge in [-0.1, -0.05) is 0 Å². The van der Waals surface area contributed by atoms with Crippen molar-refractivity contribution >= 4 is 5.91 Å². The van der Waals surface area contributed by atoms with Gasteiger partial charge >= 0.3 is 0 Å². The number of amides is 1. The van der Waals surface area contributed by atoms with E-state index in [0.29, 0.717) is 13.1 Å². The van der Waals surface area contributed by atoms with Gasteiger partial charge in [0.2, 0.25) is 5.91 Å². The number of nitrogens with zero attached hydrogens (tertiary/aromatic N) is 1. The molecule has 0 saturated carbocycles. The number of aliphatic hydroxyl groups excluding tert-OH is 1. The van der Waals surface area contributed by atoms with E-state index in [1.807, 2.05) is 0 Å². The summed E-state index contributed by atoms with van der Waals surface area (Å²) in [4.78, 5) is 17.9. The molecule has 2 N–H and O–H groups in total. The minimum atomic E-state index is -0.391. The highest BCUT2D eigenvalue weighted by Crippen LogP contribution is 2.12. The summed E-state index contributed by atoms with van der Waals surface area (Å²) in [5, 5.41) is 8.62. The highest BCUT2D eigenvalue weighted by atomic mass is 16.7. The topological polar surface area (TPSA) is 61.8 Å². The highest BCUT2D eigenvalue weighted by Gasteiger charge is 2.22. The van der Waals surface area contributed by atoms with Gasteiger partial charge in [-0.25, -0.2) is 5.48 Å². The van der Waals surface area contributed by atoms with Crippen molar-refractivity contribution in [2.45, 2.75) is 18.9 Å². The molecule has 5 nitrogen and oxygen atoms in total. The summed E-state index contributed by atoms with van der Waals surface area (Å²) in [7, 11) is 1.73. The number of hydroxylamine groups is 1. The number of carbonyl (C=O) groups is 1. The molecule has 1 aliphatic rings. The molecule has 1 saturated heterocycles. The predicted molar refractivity (Wildman–Crippen MR) is 46.8 cm³/mol. The second-order valence-electron chi connectivity index (χ2n) is 3.06. The Balaban J connectivity index is 2.26. The molecule has 1 aliphatic heterocycles. The Bertz CT molecular complexity index is 167. The minimum Gasteiger partial charge on any atom is -0.387 e. The molecule has 0 aliphatic carbocycles. The van der Waals surface area contributed by atoms with Gasteiger partial charge in [0, 0.05) is 20.1 Å². The zero-order valence-electron chi connectivity index (χ0n) is 7.82. The standard InChI is InChI=1S/C8H16N2O3/c1-9-13-7-2-4-10(5-3-7)8(12)6-11/h7,9,11H,2-6H2,1H3. The Hall–Kier alpha value is -0.650. The third-order valence-corrected chi connectivity index (χ3v) is 2.21. The number of hydrogen-bond acceptors (Lipinski definition) is 4. The fourth-order valence-electron chi connectivity index (χ4n) is 1.49. The van der Waals surface area contributed by atoms with E-state index >= 15 is 0 Å². The number of carbonyl (C=O) groups excluding carboxylic acids is 1. The van der Waals surface area contributed by atoms with Gasteiger partial charge in [-0.15, -0.1) is 0 Å². The molecule has 0 spiro atoms. The third kappa shape index (κ3) is 2.95. The maximum Gasteiger partial charge on any atom is 0.248 e. The Morgan fingerprint density at radius 2 is 2.23 bits per heavy atom. The smallest absolute Gasteiger partial charge is 0.248 e. The summed E-state index contributed by atoms with van der Waals surface area (Å²) in [6.45, 7) is 0.953. The molecular formula is C8H16N2O3. The van der Waals surface area contributed by atoms with Crippen molar-refractivity contribution in [2.75, 3.05) is 26.7 Å². The number of aliphatic hydroxyl groups is 1. The third-order valence-electron chi connectivity index (χ3n) is 2.21. The molecule has 1 heterocycles. The number of hydrogen-bond donors (Lipinski definition) is 2. The van der Waals surface area contributed by atoms with Crippen molar-refractivity contribution in [3.05, 3.63) is 0 Å². The van der Waals surface area contributed by atoms with Gasteiger partial charge in [-0.2, -0.15) is 0 Å². The van der Waals surface area contributed by atoms with Gasteiger partial charge in [-0.3, -0.25) is 9.63 Å². The Morgan fingerprint density at radius 1 is 1.62 bits per heavy atom. The van der Waals surface area contributed by atoms with Crippen LogP contribution in [0.4, 0.5) is 0 Å². The Morgan fingerprint density at radius 3 is 2.69 bits per heavy atom. The predicted octanol–water partition coefficient (Wildman–Crippen LogP) is -0.879. The first kappa shape index (κ1) is 10.4. The van der Waals surface area contributed by atoms with E-state index in [1.165, 1.54) is 0 Å². The van der Waals surface area contributed by atoms with Crippen LogP contribution in [0.5, 0.6) is 0 Å². The van der Waals surface area contributed by atoms with Gasteiger partial charge in [0.15, 0.2) is 0 Å². The van der Waals surface area contributed by atoms with Gasteiger partial charge < -0.3 is 10.0 Å². The van der Waals surface area contributed by atoms with Crippen LogP contribution in [0.15, 0.2) is 0 Å². The van der Waals surface area contributed by atoms with Gasteiger partial charge in [0.1, 0.15) is 6.61 Å². The molecule has 0 aromatic heterocycles. The zero-order valence-corrected chi connectivity index (χ0v) is 7.82. The van der Waals surface area contributed by atoms with Crippen molar-refractivity contribution in [1.29, 1.82) is 0 Å². The second-order valence-corrected chi connectivity index (χ2v) is 3.06. The molecule has 0 bridgehead atoms. The van der Waals surface area contributed by atoms with Crippen LogP contribution in [0, 0.1) is 0 Å². The molecule has 1 rings (SSSR count). The van der Waals surface area contributed by atoms with Crippen LogP contribution >= 0.6 is 0 Å². The normalized spacial score (nSPS) is 19.1. The molecule has 0 aromatic rings. The molecule has 1 fully saturated rings. The van der Waals surface area contributed by atoms with E-state index in [9.17, 15) is 4.79 Å². The van der Waals surface area contributed by atoms with E-state index in [2.05, 4.69) is 5.48 Å². The summed E-state index contributed by atoms with van der Waals surface area (Å²) >= 11 is 0. The largest absolute Gasteiger partial charge is 0.387 e. The summed E-state index contributed by atoms with van der Waals surface area (Å²) in [6, 6.07) is 0. The summed E-state index contributed by atoms with van der Waals surface area (Å²) in [5.74, 6) is -0.192. The van der Waals surface area contributed by atoms with Crippen LogP contribution in [0.1, 0.15) is 12.8 Å². The Labute approximate surface area is 77.6 Å². The van der Waals surface area contributed by atoms with E-state index in [4.69, 9.17) is 9.94 Å². The fourth-order valence-corrected chi connectivity index (χ4v) is 1.49. The lowest BCUT2D eigenvalue weighted by Crippen LogP contribution is -2.43. The zero-order chi connectivity index (χ0) is 9.68. The number of rotatable bonds is 3. The van der Waals surface area contributed by atoms with Crippen molar-refractivity contribution in [1.82, 2.24) is 10.4 Å². The van der Waals surface area contributed by atoms with Crippen LogP contribution in [0.3, 0.4) is 0 Å². The average Bonchev–Trinajstić information content (AvgIpc) is 2.18. The first-order chi connectivity index (χ1) is 6.27. The first-order valence-electron chi connectivity index (χ1n) is 4.49. The van der Waals surface area contributed by atoms with E-state index < -0.39 is 6.61 Å². The van der Waals surface area contributed by atoms with Gasteiger partial charge in [0.25, 0.3) is 0 Å². The lowest BCUT2D eigenvalue weighted by atomic mass is 10.1. The van der Waals surface area contributed by atoms with Gasteiger partial charge in [0.05, 0.1) is 6.10 Å². The first-order valence-corrected chi connectivity index (χ1v) is 4.49. The number of likely N-dealkylation sites (tertiary alicyclic amines) is 1. The molecule has 76 valence electrons.